The van der Waals surface area contributed by atoms with Crippen LogP contribution in [0.3, 0.4) is 0 Å². The van der Waals surface area contributed by atoms with Gasteiger partial charge in [-0.2, -0.15) is 0 Å². The van der Waals surface area contributed by atoms with Crippen LogP contribution in [0.5, 0.6) is 5.75 Å². The van der Waals surface area contributed by atoms with Crippen molar-refractivity contribution in [2.24, 2.45) is 5.92 Å². The quantitative estimate of drug-likeness (QED) is 0.757. The Kier molecular flexibility index (Phi) is 5.57. The van der Waals surface area contributed by atoms with Crippen LogP contribution >= 0.6 is 0 Å². The third-order valence-corrected chi connectivity index (χ3v) is 4.84. The summed E-state index contributed by atoms with van der Waals surface area (Å²) in [6.45, 7) is 8.03. The van der Waals surface area contributed by atoms with Crippen molar-refractivity contribution >= 4 is 0 Å². The summed E-state index contributed by atoms with van der Waals surface area (Å²) in [6.07, 6.45) is 3.16. The van der Waals surface area contributed by atoms with Gasteiger partial charge in [-0.3, -0.25) is 0 Å². The van der Waals surface area contributed by atoms with Gasteiger partial charge in [-0.15, -0.1) is 0 Å². The van der Waals surface area contributed by atoms with Crippen molar-refractivity contribution in [3.05, 3.63) is 66.2 Å². The lowest BCUT2D eigenvalue weighted by Gasteiger charge is -2.42. The van der Waals surface area contributed by atoms with Gasteiger partial charge in [0.1, 0.15) is 11.4 Å². The van der Waals surface area contributed by atoms with Gasteiger partial charge in [0.15, 0.2) is 0 Å². The number of piperidine rings is 1. The van der Waals surface area contributed by atoms with Crippen molar-refractivity contribution in [2.45, 2.75) is 38.7 Å². The zero-order valence-corrected chi connectivity index (χ0v) is 14.9. The van der Waals surface area contributed by atoms with E-state index in [-0.39, 0.29) is 5.60 Å². The highest BCUT2D eigenvalue weighted by molar-refractivity contribution is 5.24. The molecule has 1 saturated heterocycles. The summed E-state index contributed by atoms with van der Waals surface area (Å²) < 4.78 is 6.57. The molecule has 0 amide bonds. The number of likely N-dealkylation sites (tertiary alicyclic amines) is 1. The minimum atomic E-state index is -0.0871. The molecule has 1 aliphatic rings. The summed E-state index contributed by atoms with van der Waals surface area (Å²) in [4.78, 5) is 2.59. The maximum Gasteiger partial charge on any atom is 0.120 e. The van der Waals surface area contributed by atoms with Gasteiger partial charge in [0.2, 0.25) is 0 Å². The number of nitrogens with zero attached hydrogens (tertiary/aromatic N) is 1. The Balaban J connectivity index is 1.74. The summed E-state index contributed by atoms with van der Waals surface area (Å²) in [5, 5.41) is 0. The predicted octanol–water partition coefficient (Wildman–Crippen LogP) is 4.80. The zero-order valence-electron chi connectivity index (χ0n) is 14.9. The van der Waals surface area contributed by atoms with E-state index in [9.17, 15) is 0 Å². The van der Waals surface area contributed by atoms with Gasteiger partial charge in [-0.1, -0.05) is 62.4 Å². The van der Waals surface area contributed by atoms with Gasteiger partial charge in [0.05, 0.1) is 0 Å². The van der Waals surface area contributed by atoms with Crippen molar-refractivity contribution < 1.29 is 4.74 Å². The van der Waals surface area contributed by atoms with Crippen LogP contribution in [0.1, 0.15) is 32.3 Å². The Hall–Kier alpha value is -1.80. The smallest absolute Gasteiger partial charge is 0.120 e. The van der Waals surface area contributed by atoms with Gasteiger partial charge < -0.3 is 9.64 Å². The fourth-order valence-corrected chi connectivity index (χ4v) is 3.68. The van der Waals surface area contributed by atoms with E-state index in [0.717, 1.165) is 44.0 Å². The van der Waals surface area contributed by atoms with E-state index in [4.69, 9.17) is 4.74 Å². The molecule has 0 saturated carbocycles. The third kappa shape index (κ3) is 4.61. The summed E-state index contributed by atoms with van der Waals surface area (Å²) >= 11 is 0. The Morgan fingerprint density at radius 1 is 0.917 bits per heavy atom. The summed E-state index contributed by atoms with van der Waals surface area (Å²) in [5.41, 5.74) is 1.28. The molecule has 1 aliphatic heterocycles. The minimum absolute atomic E-state index is 0.0871. The molecule has 0 N–H and O–H groups in total. The van der Waals surface area contributed by atoms with Crippen LogP contribution in [0.4, 0.5) is 0 Å². The van der Waals surface area contributed by atoms with Gasteiger partial charge in [0.25, 0.3) is 0 Å². The van der Waals surface area contributed by atoms with Crippen molar-refractivity contribution in [1.29, 1.82) is 0 Å². The number of hydrogen-bond donors (Lipinski definition) is 0. The molecule has 0 bridgehead atoms. The predicted molar refractivity (Wildman–Crippen MR) is 100 cm³/mol. The SMILES string of the molecule is CC(C)CN1CCC(Cc2ccccc2)(Oc2ccccc2)CC1. The molecule has 0 aromatic heterocycles. The maximum absolute atomic E-state index is 6.57. The fraction of sp³-hybridized carbons (Fsp3) is 0.455. The first-order valence-corrected chi connectivity index (χ1v) is 9.16. The van der Waals surface area contributed by atoms with Gasteiger partial charge in [-0.25, -0.2) is 0 Å². The molecular formula is C22H29NO. The van der Waals surface area contributed by atoms with Crippen molar-refractivity contribution in [2.75, 3.05) is 19.6 Å². The fourth-order valence-electron chi connectivity index (χ4n) is 3.68. The molecule has 0 unspecified atom stereocenters. The highest BCUT2D eigenvalue weighted by Gasteiger charge is 2.37. The zero-order chi connectivity index (χ0) is 16.8. The van der Waals surface area contributed by atoms with E-state index < -0.39 is 0 Å². The monoisotopic (exact) mass is 323 g/mol. The molecule has 1 fully saturated rings. The average Bonchev–Trinajstić information content (AvgIpc) is 2.58. The van der Waals surface area contributed by atoms with Crippen LogP contribution in [0, 0.1) is 5.92 Å². The van der Waals surface area contributed by atoms with Crippen LogP contribution < -0.4 is 4.74 Å². The molecule has 0 radical (unpaired) electrons. The van der Waals surface area contributed by atoms with Crippen LogP contribution in [0.25, 0.3) is 0 Å². The molecule has 1 heterocycles. The first-order chi connectivity index (χ1) is 11.7. The van der Waals surface area contributed by atoms with E-state index in [0.29, 0.717) is 0 Å². The normalized spacial score (nSPS) is 17.8. The van der Waals surface area contributed by atoms with Crippen LogP contribution in [-0.2, 0) is 6.42 Å². The lowest BCUT2D eigenvalue weighted by molar-refractivity contribution is -0.000991. The second-order valence-corrected chi connectivity index (χ2v) is 7.45. The standard InChI is InChI=1S/C22H29NO/c1-19(2)18-23-15-13-22(14-16-23,17-20-9-5-3-6-10-20)24-21-11-7-4-8-12-21/h3-12,19H,13-18H2,1-2H3. The van der Waals surface area contributed by atoms with Gasteiger partial charge >= 0.3 is 0 Å². The van der Waals surface area contributed by atoms with E-state index >= 15 is 0 Å². The minimum Gasteiger partial charge on any atom is -0.487 e. The van der Waals surface area contributed by atoms with Crippen molar-refractivity contribution in [1.82, 2.24) is 4.90 Å². The summed E-state index contributed by atoms with van der Waals surface area (Å²) in [7, 11) is 0. The lowest BCUT2D eigenvalue weighted by atomic mass is 9.84. The van der Waals surface area contributed by atoms with Gasteiger partial charge in [-0.05, 0) is 23.6 Å². The Bertz CT molecular complexity index is 557. The highest BCUT2D eigenvalue weighted by atomic mass is 16.5. The molecule has 0 atom stereocenters. The average molecular weight is 323 g/mol. The number of hydrogen-bond acceptors (Lipinski definition) is 2. The maximum atomic E-state index is 6.57. The largest absolute Gasteiger partial charge is 0.487 e. The molecule has 24 heavy (non-hydrogen) atoms. The third-order valence-electron chi connectivity index (χ3n) is 4.84. The van der Waals surface area contributed by atoms with Crippen molar-refractivity contribution in [3.63, 3.8) is 0 Å². The van der Waals surface area contributed by atoms with E-state index in [2.05, 4.69) is 73.3 Å². The first-order valence-electron chi connectivity index (χ1n) is 9.16. The molecule has 3 rings (SSSR count). The number of rotatable bonds is 6. The first kappa shape index (κ1) is 17.0. The van der Waals surface area contributed by atoms with E-state index in [1.165, 1.54) is 12.1 Å². The molecule has 0 aliphatic carbocycles. The second kappa shape index (κ2) is 7.85. The van der Waals surface area contributed by atoms with Crippen molar-refractivity contribution in [3.8, 4) is 5.75 Å². The summed E-state index contributed by atoms with van der Waals surface area (Å²) in [5.74, 6) is 1.72. The van der Waals surface area contributed by atoms with E-state index in [1.54, 1.807) is 0 Å². The van der Waals surface area contributed by atoms with Crippen LogP contribution in [-0.4, -0.2) is 30.1 Å². The number of para-hydroxylation sites is 1. The van der Waals surface area contributed by atoms with Crippen LogP contribution in [0.2, 0.25) is 0 Å². The molecule has 2 aromatic rings. The highest BCUT2D eigenvalue weighted by Crippen LogP contribution is 2.32. The molecule has 2 nitrogen and oxygen atoms in total. The topological polar surface area (TPSA) is 12.5 Å². The Morgan fingerprint density at radius 3 is 2.08 bits per heavy atom. The molecule has 2 aromatic carbocycles. The van der Waals surface area contributed by atoms with Crippen LogP contribution in [0.15, 0.2) is 60.7 Å². The Morgan fingerprint density at radius 2 is 1.50 bits per heavy atom. The number of benzene rings is 2. The summed E-state index contributed by atoms with van der Waals surface area (Å²) in [6, 6.07) is 21.1. The molecule has 0 spiro atoms. The Labute approximate surface area is 146 Å². The van der Waals surface area contributed by atoms with E-state index in [1.807, 2.05) is 6.07 Å². The second-order valence-electron chi connectivity index (χ2n) is 7.45. The number of ether oxygens (including phenoxy) is 1. The van der Waals surface area contributed by atoms with Gasteiger partial charge in [0, 0.05) is 38.9 Å². The molecule has 2 heteroatoms. The molecule has 128 valence electrons. The molecular weight excluding hydrogens is 294 g/mol. The lowest BCUT2D eigenvalue weighted by Crippen LogP contribution is -2.50.